The molecule has 134 valence electrons. The predicted molar refractivity (Wildman–Crippen MR) is 97.5 cm³/mol. The summed E-state index contributed by atoms with van der Waals surface area (Å²) in [5, 5.41) is 0. The first kappa shape index (κ1) is 18.6. The molecule has 2 aromatic rings. The SMILES string of the molecule is COc1cc(OC)c(C(=O)N(Cc2ccccc2)C(C)C)c(OC)c1. The first-order valence-corrected chi connectivity index (χ1v) is 8.16. The van der Waals surface area contributed by atoms with Crippen LogP contribution in [0.1, 0.15) is 29.8 Å². The second-order valence-electron chi connectivity index (χ2n) is 5.92. The van der Waals surface area contributed by atoms with E-state index < -0.39 is 0 Å². The van der Waals surface area contributed by atoms with Gasteiger partial charge in [0.2, 0.25) is 0 Å². The zero-order valence-electron chi connectivity index (χ0n) is 15.4. The van der Waals surface area contributed by atoms with Crippen LogP contribution in [0.5, 0.6) is 17.2 Å². The lowest BCUT2D eigenvalue weighted by Crippen LogP contribution is -2.36. The third-order valence-electron chi connectivity index (χ3n) is 4.01. The molecule has 0 saturated heterocycles. The molecule has 0 saturated carbocycles. The molecule has 0 aromatic heterocycles. The molecule has 0 spiro atoms. The Morgan fingerprint density at radius 3 is 1.96 bits per heavy atom. The molecule has 5 heteroatoms. The summed E-state index contributed by atoms with van der Waals surface area (Å²) in [5.41, 5.74) is 1.46. The fourth-order valence-electron chi connectivity index (χ4n) is 2.63. The van der Waals surface area contributed by atoms with Crippen molar-refractivity contribution in [2.75, 3.05) is 21.3 Å². The van der Waals surface area contributed by atoms with E-state index >= 15 is 0 Å². The van der Waals surface area contributed by atoms with E-state index in [4.69, 9.17) is 14.2 Å². The van der Waals surface area contributed by atoms with Crippen molar-refractivity contribution in [3.63, 3.8) is 0 Å². The second kappa shape index (κ2) is 8.42. The first-order valence-electron chi connectivity index (χ1n) is 8.16. The van der Waals surface area contributed by atoms with Crippen LogP contribution in [0.15, 0.2) is 42.5 Å². The molecule has 0 N–H and O–H groups in total. The molecular weight excluding hydrogens is 318 g/mol. The summed E-state index contributed by atoms with van der Waals surface area (Å²) in [6, 6.07) is 13.3. The van der Waals surface area contributed by atoms with Gasteiger partial charge in [-0.2, -0.15) is 0 Å². The third kappa shape index (κ3) is 4.24. The van der Waals surface area contributed by atoms with Crippen molar-refractivity contribution < 1.29 is 19.0 Å². The number of carbonyl (C=O) groups excluding carboxylic acids is 1. The van der Waals surface area contributed by atoms with Crippen molar-refractivity contribution in [3.05, 3.63) is 53.6 Å². The first-order chi connectivity index (χ1) is 12.0. The lowest BCUT2D eigenvalue weighted by atomic mass is 10.1. The Labute approximate surface area is 149 Å². The Balaban J connectivity index is 2.45. The molecule has 0 aliphatic rings. The molecular formula is C20H25NO4. The molecule has 0 radical (unpaired) electrons. The van der Waals surface area contributed by atoms with Gasteiger partial charge >= 0.3 is 0 Å². The van der Waals surface area contributed by atoms with Gasteiger partial charge in [0.15, 0.2) is 0 Å². The molecule has 0 atom stereocenters. The molecule has 0 fully saturated rings. The van der Waals surface area contributed by atoms with Gasteiger partial charge in [-0.25, -0.2) is 0 Å². The van der Waals surface area contributed by atoms with Gasteiger partial charge in [0, 0.05) is 24.7 Å². The highest BCUT2D eigenvalue weighted by molar-refractivity contribution is 6.00. The number of hydrogen-bond acceptors (Lipinski definition) is 4. The molecule has 2 rings (SSSR count). The van der Waals surface area contributed by atoms with Gasteiger partial charge in [0.05, 0.1) is 21.3 Å². The van der Waals surface area contributed by atoms with E-state index in [-0.39, 0.29) is 11.9 Å². The number of amides is 1. The van der Waals surface area contributed by atoms with Gasteiger partial charge in [-0.3, -0.25) is 4.79 Å². The minimum atomic E-state index is -0.143. The monoisotopic (exact) mass is 343 g/mol. The van der Waals surface area contributed by atoms with Crippen molar-refractivity contribution in [1.82, 2.24) is 4.90 Å². The van der Waals surface area contributed by atoms with Crippen LogP contribution in [0.2, 0.25) is 0 Å². The fourth-order valence-corrected chi connectivity index (χ4v) is 2.63. The smallest absolute Gasteiger partial charge is 0.261 e. The Kier molecular flexibility index (Phi) is 6.28. The minimum Gasteiger partial charge on any atom is -0.496 e. The minimum absolute atomic E-state index is 0.0178. The fraction of sp³-hybridized carbons (Fsp3) is 0.350. The highest BCUT2D eigenvalue weighted by Gasteiger charge is 2.27. The summed E-state index contributed by atoms with van der Waals surface area (Å²) in [6.45, 7) is 4.49. The molecule has 0 heterocycles. The normalized spacial score (nSPS) is 10.5. The maximum atomic E-state index is 13.3. The van der Waals surface area contributed by atoms with Crippen LogP contribution in [0.3, 0.4) is 0 Å². The van der Waals surface area contributed by atoms with E-state index in [1.807, 2.05) is 44.2 Å². The van der Waals surface area contributed by atoms with E-state index in [1.165, 1.54) is 14.2 Å². The maximum absolute atomic E-state index is 13.3. The predicted octanol–water partition coefficient (Wildman–Crippen LogP) is 3.76. The molecule has 2 aromatic carbocycles. The quantitative estimate of drug-likeness (QED) is 0.768. The number of methoxy groups -OCH3 is 3. The number of ether oxygens (including phenoxy) is 3. The van der Waals surface area contributed by atoms with E-state index in [0.717, 1.165) is 5.56 Å². The van der Waals surface area contributed by atoms with Gasteiger partial charge in [0.25, 0.3) is 5.91 Å². The maximum Gasteiger partial charge on any atom is 0.261 e. The average molecular weight is 343 g/mol. The van der Waals surface area contributed by atoms with Crippen LogP contribution in [-0.4, -0.2) is 38.2 Å². The zero-order chi connectivity index (χ0) is 18.4. The largest absolute Gasteiger partial charge is 0.496 e. The number of carbonyl (C=O) groups is 1. The van der Waals surface area contributed by atoms with Crippen molar-refractivity contribution in [1.29, 1.82) is 0 Å². The van der Waals surface area contributed by atoms with Crippen molar-refractivity contribution in [3.8, 4) is 17.2 Å². The van der Waals surface area contributed by atoms with Gasteiger partial charge in [-0.1, -0.05) is 30.3 Å². The Bertz CT molecular complexity index is 688. The molecule has 0 aliphatic heterocycles. The number of rotatable bonds is 7. The second-order valence-corrected chi connectivity index (χ2v) is 5.92. The van der Waals surface area contributed by atoms with Crippen molar-refractivity contribution in [2.45, 2.75) is 26.4 Å². The van der Waals surface area contributed by atoms with Gasteiger partial charge in [-0.15, -0.1) is 0 Å². The van der Waals surface area contributed by atoms with Gasteiger partial charge < -0.3 is 19.1 Å². The standard InChI is InChI=1S/C20H25NO4/c1-14(2)21(13-15-9-7-6-8-10-15)20(22)19-17(24-4)11-16(23-3)12-18(19)25-5/h6-12,14H,13H2,1-5H3. The zero-order valence-corrected chi connectivity index (χ0v) is 15.4. The molecule has 0 unspecified atom stereocenters. The van der Waals surface area contributed by atoms with Crippen molar-refractivity contribution >= 4 is 5.91 Å². The molecule has 1 amide bonds. The Morgan fingerprint density at radius 1 is 0.960 bits per heavy atom. The van der Waals surface area contributed by atoms with Crippen LogP contribution in [0, 0.1) is 0 Å². The topological polar surface area (TPSA) is 48.0 Å². The lowest BCUT2D eigenvalue weighted by Gasteiger charge is -2.28. The van der Waals surface area contributed by atoms with Crippen LogP contribution >= 0.6 is 0 Å². The van der Waals surface area contributed by atoms with Crippen molar-refractivity contribution in [2.24, 2.45) is 0 Å². The molecule has 25 heavy (non-hydrogen) atoms. The van der Waals surface area contributed by atoms with E-state index in [0.29, 0.717) is 29.4 Å². The summed E-state index contributed by atoms with van der Waals surface area (Å²) < 4.78 is 16.1. The van der Waals surface area contributed by atoms with Crippen LogP contribution in [0.25, 0.3) is 0 Å². The summed E-state index contributed by atoms with van der Waals surface area (Å²) in [7, 11) is 4.62. The van der Waals surface area contributed by atoms with Crippen LogP contribution in [0.4, 0.5) is 0 Å². The van der Waals surface area contributed by atoms with E-state index in [9.17, 15) is 4.79 Å². The number of benzene rings is 2. The Morgan fingerprint density at radius 2 is 1.52 bits per heavy atom. The Hall–Kier alpha value is -2.69. The summed E-state index contributed by atoms with van der Waals surface area (Å²) >= 11 is 0. The average Bonchev–Trinajstić information content (AvgIpc) is 2.64. The summed E-state index contributed by atoms with van der Waals surface area (Å²) in [4.78, 5) is 15.1. The molecule has 0 bridgehead atoms. The van der Waals surface area contributed by atoms with E-state index in [2.05, 4.69) is 0 Å². The number of nitrogens with zero attached hydrogens (tertiary/aromatic N) is 1. The molecule has 5 nitrogen and oxygen atoms in total. The number of hydrogen-bond donors (Lipinski definition) is 0. The lowest BCUT2D eigenvalue weighted by molar-refractivity contribution is 0.0683. The van der Waals surface area contributed by atoms with E-state index in [1.54, 1.807) is 24.1 Å². The third-order valence-corrected chi connectivity index (χ3v) is 4.01. The van der Waals surface area contributed by atoms with Gasteiger partial charge in [0.1, 0.15) is 22.8 Å². The van der Waals surface area contributed by atoms with Crippen LogP contribution < -0.4 is 14.2 Å². The van der Waals surface area contributed by atoms with Crippen LogP contribution in [-0.2, 0) is 6.54 Å². The highest BCUT2D eigenvalue weighted by Crippen LogP contribution is 2.35. The summed E-state index contributed by atoms with van der Waals surface area (Å²) in [5.74, 6) is 1.29. The van der Waals surface area contributed by atoms with Gasteiger partial charge in [-0.05, 0) is 19.4 Å². The highest BCUT2D eigenvalue weighted by atomic mass is 16.5. The summed E-state index contributed by atoms with van der Waals surface area (Å²) in [6.07, 6.45) is 0. The molecule has 0 aliphatic carbocycles.